The second-order valence-electron chi connectivity index (χ2n) is 5.06. The Balaban J connectivity index is 2.32. The van der Waals surface area contributed by atoms with Crippen LogP contribution in [0, 0.1) is 11.3 Å². The van der Waals surface area contributed by atoms with Gasteiger partial charge in [0.1, 0.15) is 5.78 Å². The first-order valence-corrected chi connectivity index (χ1v) is 5.59. The van der Waals surface area contributed by atoms with Gasteiger partial charge in [-0.15, -0.1) is 0 Å². The summed E-state index contributed by atoms with van der Waals surface area (Å²) < 4.78 is 0. The summed E-state index contributed by atoms with van der Waals surface area (Å²) in [6.45, 7) is 6.37. The molecule has 1 fully saturated rings. The van der Waals surface area contributed by atoms with E-state index in [-0.39, 0.29) is 5.41 Å². The molecular formula is C12H22O. The minimum Gasteiger partial charge on any atom is -0.299 e. The molecule has 13 heavy (non-hydrogen) atoms. The monoisotopic (exact) mass is 182 g/mol. The molecule has 0 spiro atoms. The zero-order valence-corrected chi connectivity index (χ0v) is 9.23. The predicted molar refractivity (Wildman–Crippen MR) is 55.7 cm³/mol. The molecule has 1 aliphatic rings. The molecule has 1 nitrogen and oxygen atoms in total. The Labute approximate surface area is 81.9 Å². The fourth-order valence-corrected chi connectivity index (χ4v) is 1.83. The molecule has 0 aliphatic heterocycles. The largest absolute Gasteiger partial charge is 0.299 e. The van der Waals surface area contributed by atoms with E-state index >= 15 is 0 Å². The minimum absolute atomic E-state index is 0.0453. The Kier molecular flexibility index (Phi) is 3.52. The number of hydrogen-bond donors (Lipinski definition) is 0. The van der Waals surface area contributed by atoms with Crippen LogP contribution in [0.25, 0.3) is 0 Å². The summed E-state index contributed by atoms with van der Waals surface area (Å²) in [7, 11) is 0. The average molecular weight is 182 g/mol. The molecule has 1 saturated carbocycles. The van der Waals surface area contributed by atoms with Gasteiger partial charge in [0, 0.05) is 11.8 Å². The summed E-state index contributed by atoms with van der Waals surface area (Å²) in [6.07, 6.45) is 6.80. The van der Waals surface area contributed by atoms with Crippen LogP contribution in [0.4, 0.5) is 0 Å². The number of unbranched alkanes of at least 4 members (excludes halogenated alkanes) is 1. The fraction of sp³-hybridized carbons (Fsp3) is 0.917. The second-order valence-corrected chi connectivity index (χ2v) is 5.06. The van der Waals surface area contributed by atoms with Crippen LogP contribution >= 0.6 is 0 Å². The lowest BCUT2D eigenvalue weighted by Crippen LogP contribution is -2.24. The van der Waals surface area contributed by atoms with Gasteiger partial charge in [0.05, 0.1) is 0 Å². The van der Waals surface area contributed by atoms with Crippen LogP contribution in [0.1, 0.15) is 59.3 Å². The Bertz CT molecular complexity index is 178. The van der Waals surface area contributed by atoms with E-state index in [0.717, 1.165) is 31.6 Å². The van der Waals surface area contributed by atoms with Crippen LogP contribution in [-0.2, 0) is 4.79 Å². The molecule has 0 bridgehead atoms. The molecule has 0 N–H and O–H groups in total. The first-order valence-electron chi connectivity index (χ1n) is 5.59. The van der Waals surface area contributed by atoms with E-state index < -0.39 is 0 Å². The molecule has 0 radical (unpaired) electrons. The van der Waals surface area contributed by atoms with Crippen LogP contribution in [0.2, 0.25) is 0 Å². The van der Waals surface area contributed by atoms with E-state index in [2.05, 4.69) is 20.8 Å². The Morgan fingerprint density at radius 3 is 2.46 bits per heavy atom. The molecule has 0 unspecified atom stereocenters. The van der Waals surface area contributed by atoms with Crippen molar-refractivity contribution in [2.45, 2.75) is 59.3 Å². The average Bonchev–Trinajstić information content (AvgIpc) is 2.83. The first kappa shape index (κ1) is 10.7. The van der Waals surface area contributed by atoms with E-state index in [1.54, 1.807) is 0 Å². The summed E-state index contributed by atoms with van der Waals surface area (Å²) in [6, 6.07) is 0. The molecule has 1 rings (SSSR count). The summed E-state index contributed by atoms with van der Waals surface area (Å²) >= 11 is 0. The molecule has 0 saturated heterocycles. The third kappa shape index (κ3) is 3.50. The quantitative estimate of drug-likeness (QED) is 0.613. The number of Topliss-reactive ketones (excluding diaryl/α,β-unsaturated/α-hetero) is 1. The van der Waals surface area contributed by atoms with E-state index in [9.17, 15) is 4.79 Å². The van der Waals surface area contributed by atoms with Crippen molar-refractivity contribution in [1.82, 2.24) is 0 Å². The van der Waals surface area contributed by atoms with Gasteiger partial charge in [0.25, 0.3) is 0 Å². The highest BCUT2D eigenvalue weighted by molar-refractivity contribution is 5.84. The van der Waals surface area contributed by atoms with Crippen LogP contribution in [0.5, 0.6) is 0 Å². The molecule has 1 heteroatoms. The lowest BCUT2D eigenvalue weighted by Gasteiger charge is -2.22. The molecule has 0 aromatic carbocycles. The summed E-state index contributed by atoms with van der Waals surface area (Å²) in [5.74, 6) is 1.34. The van der Waals surface area contributed by atoms with E-state index in [4.69, 9.17) is 0 Å². The molecule has 0 aromatic rings. The Morgan fingerprint density at radius 1 is 1.38 bits per heavy atom. The number of carbonyl (C=O) groups excluding carboxylic acids is 1. The van der Waals surface area contributed by atoms with Crippen molar-refractivity contribution in [3.63, 3.8) is 0 Å². The fourth-order valence-electron chi connectivity index (χ4n) is 1.83. The minimum atomic E-state index is -0.0453. The number of ketones is 1. The van der Waals surface area contributed by atoms with E-state index in [1.807, 2.05) is 0 Å². The van der Waals surface area contributed by atoms with Gasteiger partial charge in [-0.05, 0) is 18.8 Å². The Hall–Kier alpha value is -0.330. The van der Waals surface area contributed by atoms with Gasteiger partial charge in [-0.1, -0.05) is 40.0 Å². The molecule has 76 valence electrons. The zero-order chi connectivity index (χ0) is 9.90. The zero-order valence-electron chi connectivity index (χ0n) is 9.23. The van der Waals surface area contributed by atoms with Gasteiger partial charge in [-0.3, -0.25) is 4.79 Å². The van der Waals surface area contributed by atoms with Gasteiger partial charge in [-0.2, -0.15) is 0 Å². The van der Waals surface area contributed by atoms with Crippen molar-refractivity contribution >= 4 is 5.78 Å². The standard InChI is InChI=1S/C12H22O/c1-4-5-6-11(13)12(2,3)9-10-7-8-10/h10H,4-9H2,1-3H3. The molecule has 0 aromatic heterocycles. The van der Waals surface area contributed by atoms with Crippen molar-refractivity contribution in [2.75, 3.05) is 0 Å². The van der Waals surface area contributed by atoms with E-state index in [0.29, 0.717) is 5.78 Å². The molecular weight excluding hydrogens is 160 g/mol. The van der Waals surface area contributed by atoms with Gasteiger partial charge in [-0.25, -0.2) is 0 Å². The third-order valence-corrected chi connectivity index (χ3v) is 3.01. The van der Waals surface area contributed by atoms with Crippen molar-refractivity contribution < 1.29 is 4.79 Å². The predicted octanol–water partition coefficient (Wildman–Crippen LogP) is 3.57. The van der Waals surface area contributed by atoms with Gasteiger partial charge < -0.3 is 0 Å². The number of carbonyl (C=O) groups is 1. The van der Waals surface area contributed by atoms with Crippen LogP contribution in [0.3, 0.4) is 0 Å². The third-order valence-electron chi connectivity index (χ3n) is 3.01. The smallest absolute Gasteiger partial charge is 0.138 e. The maximum Gasteiger partial charge on any atom is 0.138 e. The number of hydrogen-bond acceptors (Lipinski definition) is 1. The summed E-state index contributed by atoms with van der Waals surface area (Å²) in [4.78, 5) is 11.8. The Morgan fingerprint density at radius 2 is 2.00 bits per heavy atom. The summed E-state index contributed by atoms with van der Waals surface area (Å²) in [5.41, 5.74) is -0.0453. The second kappa shape index (κ2) is 4.26. The van der Waals surface area contributed by atoms with E-state index in [1.165, 1.54) is 12.8 Å². The van der Waals surface area contributed by atoms with Crippen molar-refractivity contribution in [1.29, 1.82) is 0 Å². The van der Waals surface area contributed by atoms with Gasteiger partial charge >= 0.3 is 0 Å². The van der Waals surface area contributed by atoms with Crippen LogP contribution in [-0.4, -0.2) is 5.78 Å². The van der Waals surface area contributed by atoms with Gasteiger partial charge in [0.2, 0.25) is 0 Å². The van der Waals surface area contributed by atoms with Crippen molar-refractivity contribution in [3.05, 3.63) is 0 Å². The lowest BCUT2D eigenvalue weighted by atomic mass is 9.81. The maximum atomic E-state index is 11.8. The van der Waals surface area contributed by atoms with Crippen molar-refractivity contribution in [2.24, 2.45) is 11.3 Å². The topological polar surface area (TPSA) is 17.1 Å². The van der Waals surface area contributed by atoms with Gasteiger partial charge in [0.15, 0.2) is 0 Å². The highest BCUT2D eigenvalue weighted by Gasteiger charge is 2.34. The number of rotatable bonds is 6. The van der Waals surface area contributed by atoms with Crippen LogP contribution in [0.15, 0.2) is 0 Å². The highest BCUT2D eigenvalue weighted by Crippen LogP contribution is 2.41. The molecule has 0 amide bonds. The van der Waals surface area contributed by atoms with Crippen LogP contribution < -0.4 is 0 Å². The first-order chi connectivity index (χ1) is 6.06. The molecule has 1 aliphatic carbocycles. The molecule has 0 heterocycles. The van der Waals surface area contributed by atoms with Crippen molar-refractivity contribution in [3.8, 4) is 0 Å². The SMILES string of the molecule is CCCCC(=O)C(C)(C)CC1CC1. The summed E-state index contributed by atoms with van der Waals surface area (Å²) in [5, 5.41) is 0. The molecule has 0 atom stereocenters. The lowest BCUT2D eigenvalue weighted by molar-refractivity contribution is -0.127. The maximum absolute atomic E-state index is 11.8. The normalized spacial score (nSPS) is 17.5. The highest BCUT2D eigenvalue weighted by atomic mass is 16.1.